The molecule has 0 saturated carbocycles. The molecule has 2 atom stereocenters. The van der Waals surface area contributed by atoms with Crippen molar-refractivity contribution >= 4 is 17.9 Å². The van der Waals surface area contributed by atoms with Crippen LogP contribution in [-0.4, -0.2) is 37.2 Å². The molecule has 0 aliphatic heterocycles. The molecular weight excluding hydrogens is 697 g/mol. The number of carbonyl (C=O) groups excluding carboxylic acids is 3. The van der Waals surface area contributed by atoms with Crippen LogP contribution in [-0.2, 0) is 28.6 Å². The predicted octanol–water partition coefficient (Wildman–Crippen LogP) is 15.8. The molecule has 0 heterocycles. The number of ether oxygens (including phenoxy) is 3. The minimum absolute atomic E-state index is 0.0645. The Balaban J connectivity index is 4.32. The summed E-state index contributed by atoms with van der Waals surface area (Å²) in [5, 5.41) is 0. The maximum Gasteiger partial charge on any atom is 0.306 e. The summed E-state index contributed by atoms with van der Waals surface area (Å²) in [5.74, 6) is 0.810. The van der Waals surface area contributed by atoms with Crippen molar-refractivity contribution < 1.29 is 28.6 Å². The van der Waals surface area contributed by atoms with Crippen LogP contribution in [0.1, 0.15) is 272 Å². The molecule has 6 heteroatoms. The fourth-order valence-electron chi connectivity index (χ4n) is 7.43. The minimum Gasteiger partial charge on any atom is -0.462 e. The number of hydrogen-bond acceptors (Lipinski definition) is 6. The molecule has 1 unspecified atom stereocenters. The van der Waals surface area contributed by atoms with Crippen molar-refractivity contribution in [2.24, 2.45) is 11.8 Å². The normalized spacial score (nSPS) is 12.5. The Morgan fingerprint density at radius 1 is 0.375 bits per heavy atom. The average molecular weight is 793 g/mol. The maximum atomic E-state index is 12.7. The number of hydrogen-bond donors (Lipinski definition) is 0. The fraction of sp³-hybridized carbons (Fsp3) is 0.940. The highest BCUT2D eigenvalue weighted by Crippen LogP contribution is 2.17. The molecule has 0 aromatic rings. The second-order valence-electron chi connectivity index (χ2n) is 17.8. The van der Waals surface area contributed by atoms with Crippen molar-refractivity contribution in [1.29, 1.82) is 0 Å². The second kappa shape index (κ2) is 43.0. The second-order valence-corrected chi connectivity index (χ2v) is 17.8. The van der Waals surface area contributed by atoms with Gasteiger partial charge in [0.2, 0.25) is 0 Å². The first-order valence-corrected chi connectivity index (χ1v) is 24.8. The Hall–Kier alpha value is -1.59. The topological polar surface area (TPSA) is 78.9 Å². The molecule has 0 spiro atoms. The lowest BCUT2D eigenvalue weighted by atomic mass is 9.99. The van der Waals surface area contributed by atoms with Gasteiger partial charge in [-0.1, -0.05) is 234 Å². The third-order valence-corrected chi connectivity index (χ3v) is 11.6. The Bertz CT molecular complexity index is 856. The van der Waals surface area contributed by atoms with Crippen molar-refractivity contribution in [3.05, 3.63) is 0 Å². The van der Waals surface area contributed by atoms with Crippen LogP contribution < -0.4 is 0 Å². The number of carbonyl (C=O) groups is 3. The van der Waals surface area contributed by atoms with Gasteiger partial charge < -0.3 is 14.2 Å². The van der Waals surface area contributed by atoms with Crippen LogP contribution >= 0.6 is 0 Å². The number of unbranched alkanes of at least 4 members (excludes halogenated alkanes) is 28. The summed E-state index contributed by atoms with van der Waals surface area (Å²) in [6.45, 7) is 11.3. The molecule has 0 radical (unpaired) electrons. The standard InChI is InChI=1S/C50H96O6/c1-6-8-9-10-11-12-13-14-15-19-25-30-35-40-48(51)54-43-47(56-50(53)42-37-32-27-22-21-23-28-33-38-45(3)4)44-55-49(52)41-36-31-26-20-17-16-18-24-29-34-39-46(5)7-2/h45-47H,6-44H2,1-5H3/t46?,47-/m1/s1. The van der Waals surface area contributed by atoms with Crippen molar-refractivity contribution in [3.63, 3.8) is 0 Å². The van der Waals surface area contributed by atoms with Crippen LogP contribution in [0.2, 0.25) is 0 Å². The van der Waals surface area contributed by atoms with Gasteiger partial charge in [-0.2, -0.15) is 0 Å². The van der Waals surface area contributed by atoms with E-state index in [2.05, 4.69) is 34.6 Å². The summed E-state index contributed by atoms with van der Waals surface area (Å²) in [7, 11) is 0. The molecule has 0 aromatic carbocycles. The van der Waals surface area contributed by atoms with Gasteiger partial charge in [0.05, 0.1) is 0 Å². The molecule has 0 rings (SSSR count). The Labute approximate surface area is 348 Å². The molecule has 0 aliphatic rings. The van der Waals surface area contributed by atoms with Crippen molar-refractivity contribution in [3.8, 4) is 0 Å². The molecule has 0 aromatic heterocycles. The Morgan fingerprint density at radius 3 is 1.02 bits per heavy atom. The average Bonchev–Trinajstić information content (AvgIpc) is 3.18. The van der Waals surface area contributed by atoms with Gasteiger partial charge in [0.15, 0.2) is 6.10 Å². The molecule has 0 amide bonds. The monoisotopic (exact) mass is 793 g/mol. The van der Waals surface area contributed by atoms with Crippen LogP contribution in [0.5, 0.6) is 0 Å². The highest BCUT2D eigenvalue weighted by atomic mass is 16.6. The lowest BCUT2D eigenvalue weighted by molar-refractivity contribution is -0.167. The molecule has 0 aliphatic carbocycles. The van der Waals surface area contributed by atoms with Gasteiger partial charge in [-0.15, -0.1) is 0 Å². The van der Waals surface area contributed by atoms with E-state index in [4.69, 9.17) is 14.2 Å². The quantitative estimate of drug-likeness (QED) is 0.0347. The Kier molecular flexibility index (Phi) is 41.8. The molecule has 0 saturated heterocycles. The van der Waals surface area contributed by atoms with E-state index in [0.29, 0.717) is 19.3 Å². The molecule has 0 fully saturated rings. The van der Waals surface area contributed by atoms with Crippen LogP contribution in [0.15, 0.2) is 0 Å². The molecule has 0 N–H and O–H groups in total. The summed E-state index contributed by atoms with van der Waals surface area (Å²) < 4.78 is 16.8. The fourth-order valence-corrected chi connectivity index (χ4v) is 7.43. The highest BCUT2D eigenvalue weighted by molar-refractivity contribution is 5.71. The lowest BCUT2D eigenvalue weighted by Crippen LogP contribution is -2.30. The van der Waals surface area contributed by atoms with Gasteiger partial charge in [0.1, 0.15) is 13.2 Å². The van der Waals surface area contributed by atoms with Crippen molar-refractivity contribution in [1.82, 2.24) is 0 Å². The zero-order chi connectivity index (χ0) is 41.2. The molecular formula is C50H96O6. The molecule has 0 bridgehead atoms. The number of rotatable bonds is 44. The lowest BCUT2D eigenvalue weighted by Gasteiger charge is -2.18. The van der Waals surface area contributed by atoms with E-state index in [-0.39, 0.29) is 31.1 Å². The summed E-state index contributed by atoms with van der Waals surface area (Å²) in [6.07, 6.45) is 42.2. The van der Waals surface area contributed by atoms with Crippen molar-refractivity contribution in [2.75, 3.05) is 13.2 Å². The summed E-state index contributed by atoms with van der Waals surface area (Å²) in [6, 6.07) is 0. The maximum absolute atomic E-state index is 12.7. The SMILES string of the molecule is CCCCCCCCCCCCCCCC(=O)OC[C@H](COC(=O)CCCCCCCCCCCCC(C)CC)OC(=O)CCCCCCCCCCC(C)C. The van der Waals surface area contributed by atoms with Crippen LogP contribution in [0.3, 0.4) is 0 Å². The van der Waals surface area contributed by atoms with Gasteiger partial charge in [-0.3, -0.25) is 14.4 Å². The van der Waals surface area contributed by atoms with Gasteiger partial charge in [0.25, 0.3) is 0 Å². The molecule has 6 nitrogen and oxygen atoms in total. The van der Waals surface area contributed by atoms with Gasteiger partial charge in [0, 0.05) is 19.3 Å². The zero-order valence-electron chi connectivity index (χ0n) is 38.3. The van der Waals surface area contributed by atoms with Gasteiger partial charge in [-0.25, -0.2) is 0 Å². The zero-order valence-corrected chi connectivity index (χ0v) is 38.3. The third kappa shape index (κ3) is 42.0. The first kappa shape index (κ1) is 54.4. The highest BCUT2D eigenvalue weighted by Gasteiger charge is 2.19. The van der Waals surface area contributed by atoms with E-state index in [1.165, 1.54) is 161 Å². The van der Waals surface area contributed by atoms with Gasteiger partial charge in [-0.05, 0) is 31.1 Å². The van der Waals surface area contributed by atoms with E-state index in [9.17, 15) is 14.4 Å². The van der Waals surface area contributed by atoms with E-state index < -0.39 is 6.10 Å². The van der Waals surface area contributed by atoms with Crippen LogP contribution in [0.25, 0.3) is 0 Å². The van der Waals surface area contributed by atoms with E-state index in [1.807, 2.05) is 0 Å². The summed E-state index contributed by atoms with van der Waals surface area (Å²) in [5.41, 5.74) is 0. The predicted molar refractivity (Wildman–Crippen MR) is 238 cm³/mol. The Morgan fingerprint density at radius 2 is 0.679 bits per heavy atom. The van der Waals surface area contributed by atoms with E-state index in [0.717, 1.165) is 69.6 Å². The third-order valence-electron chi connectivity index (χ3n) is 11.6. The van der Waals surface area contributed by atoms with Gasteiger partial charge >= 0.3 is 17.9 Å². The first-order valence-electron chi connectivity index (χ1n) is 24.8. The molecule has 332 valence electrons. The smallest absolute Gasteiger partial charge is 0.306 e. The summed E-state index contributed by atoms with van der Waals surface area (Å²) >= 11 is 0. The van der Waals surface area contributed by atoms with E-state index >= 15 is 0 Å². The molecule has 56 heavy (non-hydrogen) atoms. The first-order chi connectivity index (χ1) is 27.3. The largest absolute Gasteiger partial charge is 0.462 e. The summed E-state index contributed by atoms with van der Waals surface area (Å²) in [4.78, 5) is 37.8. The van der Waals surface area contributed by atoms with Crippen LogP contribution in [0, 0.1) is 11.8 Å². The van der Waals surface area contributed by atoms with E-state index in [1.54, 1.807) is 0 Å². The number of esters is 3. The minimum atomic E-state index is -0.761. The van der Waals surface area contributed by atoms with Crippen molar-refractivity contribution in [2.45, 2.75) is 278 Å². The van der Waals surface area contributed by atoms with Crippen LogP contribution in [0.4, 0.5) is 0 Å².